The van der Waals surface area contributed by atoms with E-state index in [1.807, 2.05) is 73.9 Å². The molecule has 1 aromatic heterocycles. The number of azo groups is 1. The van der Waals surface area contributed by atoms with Crippen LogP contribution in [0.1, 0.15) is 25.5 Å². The van der Waals surface area contributed by atoms with Gasteiger partial charge in [0.25, 0.3) is 0 Å². The third kappa shape index (κ3) is 2.48. The largest absolute Gasteiger partial charge is 0.493 e. The molecule has 0 aliphatic carbocycles. The zero-order valence-corrected chi connectivity index (χ0v) is 13.0. The summed E-state index contributed by atoms with van der Waals surface area (Å²) in [4.78, 5) is 0. The second-order valence-electron chi connectivity index (χ2n) is 5.69. The van der Waals surface area contributed by atoms with Crippen LogP contribution in [0.2, 0.25) is 0 Å². The number of hydrogen-bond acceptors (Lipinski definition) is 3. The Hall–Kier alpha value is -2.62. The van der Waals surface area contributed by atoms with E-state index in [2.05, 4.69) is 10.2 Å². The van der Waals surface area contributed by atoms with Crippen LogP contribution < -0.4 is 0 Å². The van der Waals surface area contributed by atoms with E-state index in [-0.39, 0.29) is 11.9 Å². The summed E-state index contributed by atoms with van der Waals surface area (Å²) in [5.74, 6) is 0.159. The van der Waals surface area contributed by atoms with Crippen molar-refractivity contribution in [3.8, 4) is 5.88 Å². The molecule has 4 nitrogen and oxygen atoms in total. The fourth-order valence-corrected chi connectivity index (χ4v) is 2.57. The van der Waals surface area contributed by atoms with Gasteiger partial charge in [-0.05, 0) is 39.0 Å². The van der Waals surface area contributed by atoms with E-state index in [0.29, 0.717) is 5.69 Å². The smallest absolute Gasteiger partial charge is 0.221 e. The average molecular weight is 293 g/mol. The first-order valence-corrected chi connectivity index (χ1v) is 7.38. The molecule has 0 amide bonds. The molecule has 1 N–H and O–H groups in total. The van der Waals surface area contributed by atoms with Crippen molar-refractivity contribution < 1.29 is 5.11 Å². The van der Waals surface area contributed by atoms with E-state index in [9.17, 15) is 5.11 Å². The van der Waals surface area contributed by atoms with E-state index in [1.54, 1.807) is 0 Å². The van der Waals surface area contributed by atoms with Crippen molar-refractivity contribution in [3.63, 3.8) is 0 Å². The molecule has 0 radical (unpaired) electrons. The minimum atomic E-state index is 0.147. The number of benzene rings is 2. The van der Waals surface area contributed by atoms with Crippen LogP contribution in [0, 0.1) is 6.92 Å². The maximum Gasteiger partial charge on any atom is 0.221 e. The highest BCUT2D eigenvalue weighted by Crippen LogP contribution is 2.41. The molecule has 1 heterocycles. The van der Waals surface area contributed by atoms with E-state index in [4.69, 9.17) is 0 Å². The summed E-state index contributed by atoms with van der Waals surface area (Å²) in [5.41, 5.74) is 3.43. The van der Waals surface area contributed by atoms with Crippen LogP contribution >= 0.6 is 0 Å². The van der Waals surface area contributed by atoms with Gasteiger partial charge in [-0.1, -0.05) is 35.9 Å². The number of fused-ring (bicyclic) bond motifs is 1. The molecular weight excluding hydrogens is 274 g/mol. The fourth-order valence-electron chi connectivity index (χ4n) is 2.57. The minimum absolute atomic E-state index is 0.147. The quantitative estimate of drug-likeness (QED) is 0.623. The second-order valence-corrected chi connectivity index (χ2v) is 5.69. The van der Waals surface area contributed by atoms with Crippen LogP contribution in [-0.2, 0) is 0 Å². The van der Waals surface area contributed by atoms with Gasteiger partial charge in [0.1, 0.15) is 0 Å². The van der Waals surface area contributed by atoms with Crippen molar-refractivity contribution in [3.05, 3.63) is 54.1 Å². The maximum absolute atomic E-state index is 10.5. The molecule has 0 aliphatic heterocycles. The Morgan fingerprint density at radius 1 is 0.955 bits per heavy atom. The maximum atomic E-state index is 10.5. The summed E-state index contributed by atoms with van der Waals surface area (Å²) in [6.07, 6.45) is 0. The van der Waals surface area contributed by atoms with Crippen molar-refractivity contribution in [2.24, 2.45) is 10.2 Å². The number of para-hydroxylation sites is 1. The number of aromatic nitrogens is 1. The third-order valence-electron chi connectivity index (χ3n) is 3.67. The topological polar surface area (TPSA) is 49.9 Å². The number of nitrogens with zero attached hydrogens (tertiary/aromatic N) is 3. The number of hydrogen-bond donors (Lipinski definition) is 1. The summed E-state index contributed by atoms with van der Waals surface area (Å²) in [6.45, 7) is 6.10. The Morgan fingerprint density at radius 2 is 1.64 bits per heavy atom. The van der Waals surface area contributed by atoms with Crippen molar-refractivity contribution in [1.82, 2.24) is 4.57 Å². The monoisotopic (exact) mass is 293 g/mol. The molecular formula is C18H19N3O. The van der Waals surface area contributed by atoms with Gasteiger partial charge in [0.05, 0.1) is 11.2 Å². The first-order valence-electron chi connectivity index (χ1n) is 7.38. The molecule has 3 aromatic rings. The lowest BCUT2D eigenvalue weighted by atomic mass is 10.2. The van der Waals surface area contributed by atoms with Gasteiger partial charge in [0.15, 0.2) is 5.69 Å². The molecule has 4 heteroatoms. The summed E-state index contributed by atoms with van der Waals surface area (Å²) < 4.78 is 1.87. The molecule has 0 atom stereocenters. The number of rotatable bonds is 3. The van der Waals surface area contributed by atoms with Crippen molar-refractivity contribution in [2.75, 3.05) is 0 Å². The lowest BCUT2D eigenvalue weighted by Crippen LogP contribution is -1.98. The van der Waals surface area contributed by atoms with E-state index >= 15 is 0 Å². The molecule has 22 heavy (non-hydrogen) atoms. The average Bonchev–Trinajstić information content (AvgIpc) is 2.78. The molecule has 0 unspecified atom stereocenters. The van der Waals surface area contributed by atoms with Gasteiger partial charge in [-0.2, -0.15) is 5.11 Å². The van der Waals surface area contributed by atoms with E-state index in [1.165, 1.54) is 5.56 Å². The first kappa shape index (κ1) is 14.3. The van der Waals surface area contributed by atoms with Crippen molar-refractivity contribution in [1.29, 1.82) is 0 Å². The normalized spacial score (nSPS) is 11.8. The highest BCUT2D eigenvalue weighted by Gasteiger charge is 2.17. The predicted molar refractivity (Wildman–Crippen MR) is 89.3 cm³/mol. The highest BCUT2D eigenvalue weighted by atomic mass is 16.3. The fraction of sp³-hybridized carbons (Fsp3) is 0.222. The summed E-state index contributed by atoms with van der Waals surface area (Å²) in [7, 11) is 0. The SMILES string of the molecule is Cc1ccc(N=Nc2c(O)n(C(C)C)c3ccccc23)cc1. The van der Waals surface area contributed by atoms with Crippen LogP contribution in [0.25, 0.3) is 10.9 Å². The minimum Gasteiger partial charge on any atom is -0.493 e. The summed E-state index contributed by atoms with van der Waals surface area (Å²) >= 11 is 0. The molecule has 0 fully saturated rings. The lowest BCUT2D eigenvalue weighted by molar-refractivity contribution is 0.407. The van der Waals surface area contributed by atoms with Crippen LogP contribution in [0.4, 0.5) is 11.4 Å². The van der Waals surface area contributed by atoms with Crippen LogP contribution in [0.5, 0.6) is 5.88 Å². The van der Waals surface area contributed by atoms with Gasteiger partial charge in [-0.25, -0.2) is 0 Å². The van der Waals surface area contributed by atoms with Gasteiger partial charge < -0.3 is 9.67 Å². The Labute approximate surface area is 129 Å². The van der Waals surface area contributed by atoms with E-state index < -0.39 is 0 Å². The van der Waals surface area contributed by atoms with Crippen LogP contribution in [-0.4, -0.2) is 9.67 Å². The van der Waals surface area contributed by atoms with Gasteiger partial charge in [-0.3, -0.25) is 0 Å². The van der Waals surface area contributed by atoms with Gasteiger partial charge in [-0.15, -0.1) is 5.11 Å². The number of aryl methyl sites for hydroxylation is 1. The Kier molecular flexibility index (Phi) is 3.67. The van der Waals surface area contributed by atoms with Gasteiger partial charge >= 0.3 is 0 Å². The zero-order chi connectivity index (χ0) is 15.7. The van der Waals surface area contributed by atoms with Gasteiger partial charge in [0.2, 0.25) is 5.88 Å². The lowest BCUT2D eigenvalue weighted by Gasteiger charge is -2.10. The Morgan fingerprint density at radius 3 is 2.32 bits per heavy atom. The van der Waals surface area contributed by atoms with Crippen molar-refractivity contribution >= 4 is 22.3 Å². The molecule has 2 aromatic carbocycles. The second kappa shape index (κ2) is 5.64. The van der Waals surface area contributed by atoms with Crippen molar-refractivity contribution in [2.45, 2.75) is 26.8 Å². The Balaban J connectivity index is 2.11. The summed E-state index contributed by atoms with van der Waals surface area (Å²) in [6, 6.07) is 15.8. The summed E-state index contributed by atoms with van der Waals surface area (Å²) in [5, 5.41) is 20.0. The van der Waals surface area contributed by atoms with Crippen LogP contribution in [0.3, 0.4) is 0 Å². The molecule has 0 aliphatic rings. The molecule has 0 saturated carbocycles. The van der Waals surface area contributed by atoms with Gasteiger partial charge in [0, 0.05) is 11.4 Å². The Bertz CT molecular complexity index is 829. The molecule has 112 valence electrons. The third-order valence-corrected chi connectivity index (χ3v) is 3.67. The zero-order valence-electron chi connectivity index (χ0n) is 13.0. The molecule has 0 spiro atoms. The molecule has 3 rings (SSSR count). The van der Waals surface area contributed by atoms with E-state index in [0.717, 1.165) is 16.6 Å². The number of aromatic hydroxyl groups is 1. The highest BCUT2D eigenvalue weighted by molar-refractivity contribution is 5.95. The molecule has 0 saturated heterocycles. The standard InChI is InChI=1S/C18H19N3O/c1-12(2)21-16-7-5-4-6-15(16)17(18(21)22)20-19-14-10-8-13(3)9-11-14/h4-12,22H,1-3H3. The molecule has 0 bridgehead atoms. The first-order chi connectivity index (χ1) is 10.6. The van der Waals surface area contributed by atoms with Crippen LogP contribution in [0.15, 0.2) is 58.8 Å². The predicted octanol–water partition coefficient (Wildman–Crippen LogP) is 5.65.